The number of benzene rings is 3. The van der Waals surface area contributed by atoms with Gasteiger partial charge in [0, 0.05) is 35.1 Å². The number of alkyl carbamates (subject to hydrolysis) is 2. The highest BCUT2D eigenvalue weighted by molar-refractivity contribution is 6.06. The smallest absolute Gasteiger partial charge is 0.407 e. The van der Waals surface area contributed by atoms with Crippen LogP contribution in [-0.4, -0.2) is 94.7 Å². The van der Waals surface area contributed by atoms with Crippen molar-refractivity contribution in [2.24, 2.45) is 11.8 Å². The van der Waals surface area contributed by atoms with E-state index in [9.17, 15) is 19.2 Å². The first-order valence-corrected chi connectivity index (χ1v) is 21.0. The SMILES string of the molecule is COC(=O)N[C@H](C(=O)N1CCC[C@H]1C1(C)CC=C(c2ccc3c(c2)oc2cc(-c4ccc5nc([C@@H]6CCCN6C(=O)[C@@H](NC(=O)OC)C(C)C)[nH]c5c4)ccc23)N1)C(C)C. The number of aromatic nitrogens is 2. The van der Waals surface area contributed by atoms with E-state index in [-0.39, 0.29) is 41.3 Å². The molecule has 8 rings (SSSR count). The zero-order valence-electron chi connectivity index (χ0n) is 35.4. The predicted octanol–water partition coefficient (Wildman–Crippen LogP) is 7.64. The van der Waals surface area contributed by atoms with Gasteiger partial charge in [-0.2, -0.15) is 0 Å². The zero-order chi connectivity index (χ0) is 42.5. The number of nitrogens with one attached hydrogen (secondary N) is 4. The van der Waals surface area contributed by atoms with Crippen LogP contribution in [0.2, 0.25) is 0 Å². The van der Waals surface area contributed by atoms with Gasteiger partial charge in [-0.05, 0) is 98.4 Å². The summed E-state index contributed by atoms with van der Waals surface area (Å²) in [5.74, 6) is 0.301. The number of amides is 4. The Hall–Kier alpha value is -6.05. The lowest BCUT2D eigenvalue weighted by atomic mass is 9.88. The topological polar surface area (TPSA) is 171 Å². The zero-order valence-corrected chi connectivity index (χ0v) is 35.4. The van der Waals surface area contributed by atoms with Crippen LogP contribution >= 0.6 is 0 Å². The van der Waals surface area contributed by atoms with Gasteiger partial charge in [0.05, 0.1) is 42.9 Å². The number of fused-ring (bicyclic) bond motifs is 4. The molecule has 316 valence electrons. The first-order valence-electron chi connectivity index (χ1n) is 21.0. The molecule has 4 N–H and O–H groups in total. The van der Waals surface area contributed by atoms with E-state index in [4.69, 9.17) is 18.9 Å². The van der Waals surface area contributed by atoms with Gasteiger partial charge in [0.15, 0.2) is 0 Å². The molecular weight excluding hydrogens is 763 g/mol. The van der Waals surface area contributed by atoms with Gasteiger partial charge in [-0.25, -0.2) is 14.6 Å². The summed E-state index contributed by atoms with van der Waals surface area (Å²) >= 11 is 0. The minimum Gasteiger partial charge on any atom is -0.456 e. The van der Waals surface area contributed by atoms with Crippen molar-refractivity contribution >= 4 is 62.7 Å². The van der Waals surface area contributed by atoms with Crippen LogP contribution in [0.5, 0.6) is 0 Å². The lowest BCUT2D eigenvalue weighted by Gasteiger charge is -2.40. The first-order chi connectivity index (χ1) is 28.8. The summed E-state index contributed by atoms with van der Waals surface area (Å²) in [5.41, 5.74) is 6.89. The summed E-state index contributed by atoms with van der Waals surface area (Å²) in [4.78, 5) is 63.8. The summed E-state index contributed by atoms with van der Waals surface area (Å²) in [6.45, 7) is 11.1. The van der Waals surface area contributed by atoms with Crippen LogP contribution in [0.25, 0.3) is 49.8 Å². The molecule has 1 unspecified atom stereocenters. The summed E-state index contributed by atoms with van der Waals surface area (Å²) < 4.78 is 16.1. The lowest BCUT2D eigenvalue weighted by molar-refractivity contribution is -0.136. The highest BCUT2D eigenvalue weighted by atomic mass is 16.5. The van der Waals surface area contributed by atoms with E-state index < -0.39 is 24.3 Å². The fourth-order valence-electron chi connectivity index (χ4n) is 9.39. The normalized spacial score (nSPS) is 21.4. The van der Waals surface area contributed by atoms with Crippen molar-refractivity contribution in [2.45, 2.75) is 96.4 Å². The second-order valence-corrected chi connectivity index (χ2v) is 17.3. The van der Waals surface area contributed by atoms with Crippen molar-refractivity contribution < 1.29 is 33.1 Å². The number of likely N-dealkylation sites (tertiary alicyclic amines) is 2. The Bertz CT molecular complexity index is 2500. The van der Waals surface area contributed by atoms with E-state index in [2.05, 4.69) is 82.5 Å². The number of hydrogen-bond donors (Lipinski definition) is 4. The number of carbonyl (C=O) groups excluding carboxylic acids is 4. The molecule has 0 saturated carbocycles. The fraction of sp³-hybridized carbons (Fsp3) is 0.457. The summed E-state index contributed by atoms with van der Waals surface area (Å²) in [7, 11) is 2.60. The number of ether oxygens (including phenoxy) is 2. The Balaban J connectivity index is 0.992. The summed E-state index contributed by atoms with van der Waals surface area (Å²) in [5, 5.41) is 11.3. The minimum atomic E-state index is -0.699. The second kappa shape index (κ2) is 16.2. The number of nitrogens with zero attached hydrogens (tertiary/aromatic N) is 3. The highest BCUT2D eigenvalue weighted by Crippen LogP contribution is 2.40. The molecule has 3 aliphatic rings. The van der Waals surface area contributed by atoms with Gasteiger partial charge < -0.3 is 44.6 Å². The van der Waals surface area contributed by atoms with E-state index in [1.807, 2.05) is 43.6 Å². The summed E-state index contributed by atoms with van der Waals surface area (Å²) in [6.07, 6.45) is 5.11. The van der Waals surface area contributed by atoms with E-state index in [1.54, 1.807) is 0 Å². The molecule has 3 aromatic carbocycles. The van der Waals surface area contributed by atoms with Gasteiger partial charge in [0.2, 0.25) is 11.8 Å². The number of H-pyrrole nitrogens is 1. The average molecular weight is 818 g/mol. The fourth-order valence-corrected chi connectivity index (χ4v) is 9.39. The van der Waals surface area contributed by atoms with Gasteiger partial charge in [-0.15, -0.1) is 0 Å². The van der Waals surface area contributed by atoms with Crippen molar-refractivity contribution in [1.29, 1.82) is 0 Å². The largest absolute Gasteiger partial charge is 0.456 e. The molecule has 2 saturated heterocycles. The molecule has 4 amide bonds. The second-order valence-electron chi connectivity index (χ2n) is 17.3. The van der Waals surface area contributed by atoms with Gasteiger partial charge in [-0.3, -0.25) is 9.59 Å². The van der Waals surface area contributed by atoms with Gasteiger partial charge >= 0.3 is 12.2 Å². The van der Waals surface area contributed by atoms with Crippen LogP contribution in [0.3, 0.4) is 0 Å². The van der Waals surface area contributed by atoms with E-state index in [0.29, 0.717) is 13.1 Å². The Morgan fingerprint density at radius 2 is 1.35 bits per heavy atom. The molecular formula is C46H55N7O7. The van der Waals surface area contributed by atoms with Crippen LogP contribution in [0.4, 0.5) is 9.59 Å². The van der Waals surface area contributed by atoms with Crippen LogP contribution < -0.4 is 16.0 Å². The van der Waals surface area contributed by atoms with Crippen LogP contribution in [0, 0.1) is 11.8 Å². The molecule has 2 aromatic heterocycles. The molecule has 14 heteroatoms. The Morgan fingerprint density at radius 1 is 0.783 bits per heavy atom. The van der Waals surface area contributed by atoms with Gasteiger partial charge in [-0.1, -0.05) is 52.0 Å². The molecule has 60 heavy (non-hydrogen) atoms. The van der Waals surface area contributed by atoms with E-state index in [0.717, 1.165) is 93.3 Å². The molecule has 0 bridgehead atoms. The van der Waals surface area contributed by atoms with E-state index in [1.165, 1.54) is 14.2 Å². The quantitative estimate of drug-likeness (QED) is 0.111. The van der Waals surface area contributed by atoms with Crippen molar-refractivity contribution in [3.63, 3.8) is 0 Å². The predicted molar refractivity (Wildman–Crippen MR) is 230 cm³/mol. The number of imidazole rings is 1. The number of furan rings is 1. The monoisotopic (exact) mass is 817 g/mol. The standard InChI is InChI=1S/C46H55N7O7/c1-25(2)39(49-44(56)58-6)42(54)52-20-8-10-35(52)41-47-33-17-14-27(22-34(33)48-41)28-12-15-30-31-16-13-29(24-37(31)60-36(30)23-28)32-18-19-46(5,51-32)38-11-9-21-53(38)43(55)40(26(3)4)50-45(57)59-7/h12-18,22-26,35,38-40,51H,8-11,19-21H2,1-7H3,(H,47,48)(H,49,56)(H,50,57)/t35-,38-,39-,40-,46?/m0/s1. The maximum atomic E-state index is 13.8. The number of carbonyl (C=O) groups is 4. The maximum absolute atomic E-state index is 13.8. The average Bonchev–Trinajstić information content (AvgIpc) is 4.09. The summed E-state index contributed by atoms with van der Waals surface area (Å²) in [6, 6.07) is 17.1. The third-order valence-electron chi connectivity index (χ3n) is 12.7. The molecule has 5 atom stereocenters. The van der Waals surface area contributed by atoms with Crippen LogP contribution in [0.15, 0.2) is 65.1 Å². The lowest BCUT2D eigenvalue weighted by Crippen LogP contribution is -2.59. The highest BCUT2D eigenvalue weighted by Gasteiger charge is 2.46. The Kier molecular flexibility index (Phi) is 11.0. The number of methoxy groups -OCH3 is 2. The number of hydrogen-bond acceptors (Lipinski definition) is 9. The van der Waals surface area contributed by atoms with Crippen molar-refractivity contribution in [3.05, 3.63) is 72.1 Å². The molecule has 0 aliphatic carbocycles. The molecule has 14 nitrogen and oxygen atoms in total. The molecule has 0 radical (unpaired) electrons. The first kappa shape index (κ1) is 40.7. The van der Waals surface area contributed by atoms with Crippen molar-refractivity contribution in [3.8, 4) is 11.1 Å². The molecule has 3 aliphatic heterocycles. The third-order valence-corrected chi connectivity index (χ3v) is 12.7. The number of aromatic amines is 1. The van der Waals surface area contributed by atoms with Crippen LogP contribution in [-0.2, 0) is 19.1 Å². The molecule has 5 heterocycles. The Morgan fingerprint density at radius 3 is 2.00 bits per heavy atom. The van der Waals surface area contributed by atoms with Crippen molar-refractivity contribution in [2.75, 3.05) is 27.3 Å². The van der Waals surface area contributed by atoms with Gasteiger partial charge in [0.25, 0.3) is 0 Å². The molecule has 0 spiro atoms. The number of rotatable bonds is 10. The Labute approximate surface area is 349 Å². The van der Waals surface area contributed by atoms with Crippen molar-refractivity contribution in [1.82, 2.24) is 35.7 Å². The van der Waals surface area contributed by atoms with Gasteiger partial charge in [0.1, 0.15) is 29.1 Å². The maximum Gasteiger partial charge on any atom is 0.407 e. The minimum absolute atomic E-state index is 0.0405. The molecule has 5 aromatic rings. The van der Waals surface area contributed by atoms with Crippen LogP contribution in [0.1, 0.15) is 84.2 Å². The molecule has 2 fully saturated rings. The van der Waals surface area contributed by atoms with E-state index >= 15 is 0 Å². The third kappa shape index (κ3) is 7.52.